The maximum Gasteiger partial charge on any atom is 0.326 e. The lowest BCUT2D eigenvalue weighted by Gasteiger charge is -2.33. The molecule has 3 heterocycles. The number of aliphatic hydroxyl groups excluding tert-OH is 4. The third-order valence-electron chi connectivity index (χ3n) is 16.3. The van der Waals surface area contributed by atoms with Gasteiger partial charge in [0.1, 0.15) is 72.5 Å². The van der Waals surface area contributed by atoms with Crippen molar-refractivity contribution in [2.45, 2.75) is 209 Å². The fourth-order valence-electron chi connectivity index (χ4n) is 10.7. The third-order valence-corrected chi connectivity index (χ3v) is 16.3. The Morgan fingerprint density at radius 2 is 0.830 bits per heavy atom. The lowest BCUT2D eigenvalue weighted by Crippen LogP contribution is -2.62. The number of primary amides is 3. The molecule has 38 heteroatoms. The number of carboxylic acids is 1. The molecule has 0 aromatic heterocycles. The average molecular weight is 1340 g/mol. The van der Waals surface area contributed by atoms with Gasteiger partial charge in [-0.15, -0.1) is 0 Å². The molecular weight excluding hydrogens is 1240 g/mol. The number of aliphatic carboxylic acids is 1. The van der Waals surface area contributed by atoms with Crippen molar-refractivity contribution in [3.8, 4) is 0 Å². The molecule has 3 aliphatic heterocycles. The first kappa shape index (κ1) is 79.4. The van der Waals surface area contributed by atoms with Gasteiger partial charge in [-0.05, 0) is 90.4 Å². The predicted molar refractivity (Wildman–Crippen MR) is 327 cm³/mol. The van der Waals surface area contributed by atoms with Crippen LogP contribution in [0.5, 0.6) is 0 Å². The summed E-state index contributed by atoms with van der Waals surface area (Å²) in [5, 5.41) is 70.0. The molecule has 0 bridgehead atoms. The molecule has 3 saturated heterocycles. The fourth-order valence-corrected chi connectivity index (χ4v) is 10.7. The lowest BCUT2D eigenvalue weighted by molar-refractivity contribution is -0.145. The van der Waals surface area contributed by atoms with Crippen molar-refractivity contribution < 1.29 is 97.5 Å². The Hall–Kier alpha value is -8.88. The molecule has 0 aromatic rings. The Kier molecular flexibility index (Phi) is 32.4. The average Bonchev–Trinajstić information content (AvgIpc) is 1.60. The van der Waals surface area contributed by atoms with Gasteiger partial charge in [-0.25, -0.2) is 4.79 Å². The van der Waals surface area contributed by atoms with Crippen molar-refractivity contribution >= 4 is 94.6 Å². The van der Waals surface area contributed by atoms with Crippen molar-refractivity contribution in [2.75, 3.05) is 39.4 Å². The Bertz CT molecular complexity index is 2770. The molecule has 0 spiro atoms. The molecule has 0 unspecified atom stereocenters. The Labute approximate surface area is 541 Å². The Morgan fingerprint density at radius 1 is 0.468 bits per heavy atom. The van der Waals surface area contributed by atoms with Crippen molar-refractivity contribution in [3.63, 3.8) is 0 Å². The number of hydrogen-bond donors (Lipinski definition) is 19. The second kappa shape index (κ2) is 38.3. The molecule has 528 valence electrons. The molecule has 15 atom stereocenters. The van der Waals surface area contributed by atoms with Crippen LogP contribution in [0.3, 0.4) is 0 Å². The van der Waals surface area contributed by atoms with E-state index in [0.717, 1.165) is 16.7 Å². The van der Waals surface area contributed by atoms with Gasteiger partial charge in [-0.2, -0.15) is 0 Å². The van der Waals surface area contributed by atoms with Crippen LogP contribution in [0.1, 0.15) is 124 Å². The molecule has 25 N–H and O–H groups in total. The summed E-state index contributed by atoms with van der Waals surface area (Å²) in [5.74, 6) is -15.7. The number of carbonyl (C=O) groups excluding carboxylic acids is 14. The van der Waals surface area contributed by atoms with Crippen LogP contribution in [0.2, 0.25) is 0 Å². The number of likely N-dealkylation sites (tertiary alicyclic amines) is 3. The van der Waals surface area contributed by atoms with Crippen LogP contribution in [0.15, 0.2) is 4.99 Å². The van der Waals surface area contributed by atoms with Crippen LogP contribution in [-0.4, -0.2) is 259 Å². The summed E-state index contributed by atoms with van der Waals surface area (Å²) < 4.78 is 0. The summed E-state index contributed by atoms with van der Waals surface area (Å²) in [5.41, 5.74) is 32.6. The quantitative estimate of drug-likeness (QED) is 0.0154. The van der Waals surface area contributed by atoms with E-state index in [0.29, 0.717) is 6.42 Å². The summed E-state index contributed by atoms with van der Waals surface area (Å²) in [6, 6.07) is -18.4. The highest BCUT2D eigenvalue weighted by Crippen LogP contribution is 2.25. The largest absolute Gasteiger partial charge is 0.480 e. The van der Waals surface area contributed by atoms with Crippen molar-refractivity contribution in [3.05, 3.63) is 0 Å². The van der Waals surface area contributed by atoms with E-state index < -0.39 is 218 Å². The first-order chi connectivity index (χ1) is 44.2. The normalized spacial score (nSPS) is 19.9. The molecule has 0 saturated carbocycles. The Balaban J connectivity index is 1.84. The number of hydrogen-bond acceptors (Lipinski definition) is 21. The van der Waals surface area contributed by atoms with Gasteiger partial charge in [0.15, 0.2) is 5.96 Å². The molecule has 94 heavy (non-hydrogen) atoms. The van der Waals surface area contributed by atoms with Crippen LogP contribution in [-0.2, 0) is 71.9 Å². The smallest absolute Gasteiger partial charge is 0.326 e. The molecule has 0 aliphatic carbocycles. The lowest BCUT2D eigenvalue weighted by atomic mass is 9.96. The molecular formula is C56H94N18O20. The maximum atomic E-state index is 14.6. The van der Waals surface area contributed by atoms with Gasteiger partial charge in [0.25, 0.3) is 0 Å². The minimum atomic E-state index is -1.83. The van der Waals surface area contributed by atoms with Crippen LogP contribution in [0, 0.1) is 5.92 Å². The number of nitrogens with one attached hydrogen (secondary N) is 8. The number of aliphatic hydroxyl groups is 4. The summed E-state index contributed by atoms with van der Waals surface area (Å²) in [4.78, 5) is 207. The van der Waals surface area contributed by atoms with Gasteiger partial charge in [0, 0.05) is 45.4 Å². The number of carboxylic acid groups (broad SMARTS) is 1. The number of nitrogens with two attached hydrogens (primary N) is 6. The zero-order valence-corrected chi connectivity index (χ0v) is 53.1. The summed E-state index contributed by atoms with van der Waals surface area (Å²) in [6.07, 6.45) is -4.68. The summed E-state index contributed by atoms with van der Waals surface area (Å²) >= 11 is 0. The first-order valence-corrected chi connectivity index (χ1v) is 31.0. The number of amides is 14. The molecule has 0 radical (unpaired) electrons. The summed E-state index contributed by atoms with van der Waals surface area (Å²) in [7, 11) is 0. The number of nitrogens with zero attached hydrogens (tertiary/aromatic N) is 4. The molecule has 38 nitrogen and oxygen atoms in total. The molecule has 3 fully saturated rings. The molecule has 3 aliphatic rings. The van der Waals surface area contributed by atoms with E-state index in [1.54, 1.807) is 13.8 Å². The highest BCUT2D eigenvalue weighted by atomic mass is 16.4. The van der Waals surface area contributed by atoms with E-state index in [1.807, 2.05) is 0 Å². The van der Waals surface area contributed by atoms with Gasteiger partial charge in [0.05, 0.1) is 25.4 Å². The number of guanidine groups is 1. The van der Waals surface area contributed by atoms with Crippen molar-refractivity contribution in [2.24, 2.45) is 45.3 Å². The number of rotatable bonds is 39. The monoisotopic (exact) mass is 1340 g/mol. The highest BCUT2D eigenvalue weighted by molar-refractivity contribution is 6.00. The second-order valence-electron chi connectivity index (χ2n) is 23.5. The molecule has 14 amide bonds. The van der Waals surface area contributed by atoms with Gasteiger partial charge < -0.3 is 117 Å². The van der Waals surface area contributed by atoms with Crippen molar-refractivity contribution in [1.29, 1.82) is 0 Å². The van der Waals surface area contributed by atoms with Crippen LogP contribution >= 0.6 is 0 Å². The van der Waals surface area contributed by atoms with Crippen LogP contribution in [0.25, 0.3) is 0 Å². The standard InChI is InChI=1S/C56H94N18O20/c1-5-26(2)42(70-44(82)30(15-18-39(58)80)65-51(89)41(60)27(3)77)53(91)73-22-8-12-36(73)49(87)68-33(24-75)46(84)66-31(10-6-20-63-56(61)62)52(90)72-21-7-11-35(72)48(86)64-29(14-17-38(57)79)45(83)71-43(28(4)78)54(92)74-23-9-13-37(74)50(88)69-34(25-76)47(85)67-32(55(93)94)16-19-40(59)81/h26-37,41-43,75-78H,5-25,60H2,1-4H3,(H2,57,79)(H2,58,80)(H2,59,81)(H,64,86)(H,65,89)(H,66,84)(H,67,85)(H,68,87)(H,69,88)(H,70,82)(H,71,83)(H,93,94)(H4,61,62,63)/t26-,27+,28+,29-,30-,31-,32-,33-,34-,35-,36-,37-,41-,42-,43-/m0/s1. The fraction of sp³-hybridized carbons (Fsp3) is 0.714. The molecule has 3 rings (SSSR count). The van der Waals surface area contributed by atoms with E-state index in [1.165, 1.54) is 11.8 Å². The first-order valence-electron chi connectivity index (χ1n) is 31.0. The van der Waals surface area contributed by atoms with Crippen LogP contribution in [0.4, 0.5) is 0 Å². The topological polar surface area (TPSA) is 632 Å². The van der Waals surface area contributed by atoms with E-state index in [2.05, 4.69) is 47.5 Å². The van der Waals surface area contributed by atoms with Gasteiger partial charge in [-0.1, -0.05) is 20.3 Å². The minimum absolute atomic E-state index is 0.00181. The zero-order chi connectivity index (χ0) is 70.8. The SMILES string of the molecule is CC[C@H](C)[C@H](NC(=O)[C@H](CCC(N)=O)NC(=O)[C@@H](N)[C@@H](C)O)C(=O)N1CCC[C@H]1C(=O)N[C@@H](CO)C(=O)N[C@@H](CCCN=C(N)N)C(=O)N1CCC[C@H]1C(=O)N[C@@H](CCC(N)=O)C(=O)N[C@H](C(=O)N1CCC[C@H]1C(=O)N[C@@H](CO)C(=O)N[C@@H](CCC(N)=O)C(=O)O)[C@@H](C)O. The van der Waals surface area contributed by atoms with Gasteiger partial charge >= 0.3 is 5.97 Å². The summed E-state index contributed by atoms with van der Waals surface area (Å²) in [6.45, 7) is 3.39. The van der Waals surface area contributed by atoms with E-state index in [9.17, 15) is 97.5 Å². The van der Waals surface area contributed by atoms with E-state index >= 15 is 0 Å². The predicted octanol–water partition coefficient (Wildman–Crippen LogP) is -10.1. The zero-order valence-electron chi connectivity index (χ0n) is 53.1. The third kappa shape index (κ3) is 23.9. The van der Waals surface area contributed by atoms with E-state index in [-0.39, 0.29) is 96.3 Å². The number of carbonyl (C=O) groups is 15. The van der Waals surface area contributed by atoms with Crippen LogP contribution < -0.4 is 76.9 Å². The Morgan fingerprint density at radius 3 is 1.21 bits per heavy atom. The van der Waals surface area contributed by atoms with Gasteiger partial charge in [0.2, 0.25) is 82.7 Å². The van der Waals surface area contributed by atoms with Crippen molar-refractivity contribution in [1.82, 2.24) is 57.2 Å². The van der Waals surface area contributed by atoms with E-state index in [4.69, 9.17) is 34.4 Å². The highest BCUT2D eigenvalue weighted by Gasteiger charge is 2.45. The maximum absolute atomic E-state index is 14.6. The molecule has 0 aromatic carbocycles. The number of aliphatic imine (C=N–C) groups is 1. The van der Waals surface area contributed by atoms with Gasteiger partial charge in [-0.3, -0.25) is 72.1 Å². The minimum Gasteiger partial charge on any atom is -0.480 e. The second-order valence-corrected chi connectivity index (χ2v) is 23.5.